The van der Waals surface area contributed by atoms with Gasteiger partial charge in [-0.3, -0.25) is 0 Å². The molecule has 22 heavy (non-hydrogen) atoms. The topological polar surface area (TPSA) is 96.5 Å². The second-order valence-corrected chi connectivity index (χ2v) is 4.62. The second kappa shape index (κ2) is 5.69. The van der Waals surface area contributed by atoms with Crippen molar-refractivity contribution in [3.05, 3.63) is 60.0 Å². The maximum atomic E-state index is 11.0. The number of nitrogens with zero attached hydrogens (tertiary/aromatic N) is 2. The number of phenols is 1. The number of carboxylic acid groups (broad SMARTS) is 1. The summed E-state index contributed by atoms with van der Waals surface area (Å²) >= 11 is 0. The smallest absolute Gasteiger partial charge is 0.335 e. The number of carboxylic acids is 1. The number of carbonyl (C=O) groups is 1. The largest absolute Gasteiger partial charge is 0.507 e. The van der Waals surface area contributed by atoms with E-state index in [0.717, 1.165) is 0 Å². The minimum absolute atomic E-state index is 0.0536. The number of aliphatic carboxylic acids is 1. The summed E-state index contributed by atoms with van der Waals surface area (Å²) in [7, 11) is 0. The van der Waals surface area contributed by atoms with Crippen molar-refractivity contribution in [3.8, 4) is 17.2 Å². The number of para-hydroxylation sites is 1. The summed E-state index contributed by atoms with van der Waals surface area (Å²) in [4.78, 5) is 11.0. The van der Waals surface area contributed by atoms with Crippen LogP contribution in [0.2, 0.25) is 0 Å². The van der Waals surface area contributed by atoms with Crippen LogP contribution in [0.15, 0.2) is 58.6 Å². The molecule has 6 heteroatoms. The first-order valence-electron chi connectivity index (χ1n) is 6.59. The summed E-state index contributed by atoms with van der Waals surface area (Å²) in [5.74, 6) is -0.447. The lowest BCUT2D eigenvalue weighted by Gasteiger charge is -1.97. The van der Waals surface area contributed by atoms with Crippen LogP contribution in [0, 0.1) is 0 Å². The number of aromatic nitrogens is 2. The zero-order chi connectivity index (χ0) is 15.5. The summed E-state index contributed by atoms with van der Waals surface area (Å²) < 4.78 is 5.57. The van der Waals surface area contributed by atoms with Crippen molar-refractivity contribution < 1.29 is 19.4 Å². The molecule has 0 radical (unpaired) electrons. The Balaban J connectivity index is 1.89. The van der Waals surface area contributed by atoms with Gasteiger partial charge in [-0.25, -0.2) is 4.79 Å². The number of aromatic hydroxyl groups is 1. The van der Waals surface area contributed by atoms with Gasteiger partial charge in [-0.05, 0) is 30.7 Å². The lowest BCUT2D eigenvalue weighted by molar-refractivity contribution is -0.132. The van der Waals surface area contributed by atoms with E-state index in [0.29, 0.717) is 17.6 Å². The first-order chi connectivity index (χ1) is 10.6. The molecule has 0 amide bonds. The van der Waals surface area contributed by atoms with Gasteiger partial charge in [0.1, 0.15) is 5.75 Å². The molecule has 1 aromatic heterocycles. The Kier molecular flexibility index (Phi) is 3.57. The van der Waals surface area contributed by atoms with E-state index in [-0.39, 0.29) is 23.1 Å². The van der Waals surface area contributed by atoms with Gasteiger partial charge < -0.3 is 14.6 Å². The predicted molar refractivity (Wildman–Crippen MR) is 78.9 cm³/mol. The number of hydrogen-bond donors (Lipinski definition) is 2. The highest BCUT2D eigenvalue weighted by Gasteiger charge is 2.15. The fraction of sp³-hybridized carbons (Fsp3) is 0.0625. The van der Waals surface area contributed by atoms with E-state index in [1.54, 1.807) is 36.4 Å². The minimum Gasteiger partial charge on any atom is -0.507 e. The average molecular weight is 296 g/mol. The first kappa shape index (κ1) is 13.8. The fourth-order valence-corrected chi connectivity index (χ4v) is 2.05. The third-order valence-electron chi connectivity index (χ3n) is 3.17. The van der Waals surface area contributed by atoms with Gasteiger partial charge in [-0.15, -0.1) is 10.2 Å². The van der Waals surface area contributed by atoms with Gasteiger partial charge >= 0.3 is 5.97 Å². The molecule has 0 fully saturated rings. The molecule has 1 aliphatic carbocycles. The second-order valence-electron chi connectivity index (χ2n) is 4.62. The molecule has 0 spiro atoms. The highest BCUT2D eigenvalue weighted by Crippen LogP contribution is 2.29. The van der Waals surface area contributed by atoms with Crippen molar-refractivity contribution in [1.29, 1.82) is 0 Å². The SMILES string of the molecule is O=C(O)C1=CCC=C(c2nnc(-c3ccccc3O)o2)C=C1. The number of phenolic OH excluding ortho intramolecular Hbond substituents is 1. The van der Waals surface area contributed by atoms with E-state index >= 15 is 0 Å². The number of allylic oxidation sites excluding steroid dienone is 4. The Bertz CT molecular complexity index is 815. The molecule has 0 saturated heterocycles. The van der Waals surface area contributed by atoms with E-state index in [4.69, 9.17) is 9.52 Å². The van der Waals surface area contributed by atoms with Gasteiger partial charge in [-0.2, -0.15) is 0 Å². The maximum Gasteiger partial charge on any atom is 0.335 e. The Morgan fingerprint density at radius 2 is 1.86 bits per heavy atom. The lowest BCUT2D eigenvalue weighted by Crippen LogP contribution is -1.96. The molecule has 0 saturated carbocycles. The highest BCUT2D eigenvalue weighted by atomic mass is 16.4. The molecule has 2 N–H and O–H groups in total. The summed E-state index contributed by atoms with van der Waals surface area (Å²) in [6.45, 7) is 0. The molecule has 6 nitrogen and oxygen atoms in total. The van der Waals surface area contributed by atoms with Gasteiger partial charge in [0.2, 0.25) is 5.89 Å². The van der Waals surface area contributed by atoms with Crippen LogP contribution in [0.3, 0.4) is 0 Å². The molecule has 110 valence electrons. The van der Waals surface area contributed by atoms with Crippen molar-refractivity contribution in [2.75, 3.05) is 0 Å². The van der Waals surface area contributed by atoms with Gasteiger partial charge in [0.25, 0.3) is 5.89 Å². The zero-order valence-electron chi connectivity index (χ0n) is 11.4. The Morgan fingerprint density at radius 3 is 2.64 bits per heavy atom. The van der Waals surface area contributed by atoms with Crippen LogP contribution >= 0.6 is 0 Å². The van der Waals surface area contributed by atoms with Gasteiger partial charge in [0.05, 0.1) is 11.1 Å². The van der Waals surface area contributed by atoms with Gasteiger partial charge in [0, 0.05) is 5.57 Å². The lowest BCUT2D eigenvalue weighted by atomic mass is 10.2. The van der Waals surface area contributed by atoms with Crippen LogP contribution in [0.4, 0.5) is 0 Å². The van der Waals surface area contributed by atoms with Crippen molar-refractivity contribution in [2.24, 2.45) is 0 Å². The zero-order valence-corrected chi connectivity index (χ0v) is 11.4. The van der Waals surface area contributed by atoms with Crippen molar-refractivity contribution in [1.82, 2.24) is 10.2 Å². The molecule has 2 aromatic rings. The molecular formula is C16H12N2O4. The van der Waals surface area contributed by atoms with E-state index in [1.165, 1.54) is 12.1 Å². The standard InChI is InChI=1S/C16H12N2O4/c19-13-7-2-1-6-12(13)15-18-17-14(22-15)10-4-3-5-11(9-8-10)16(20)21/h1-2,4-9,19H,3H2,(H,20,21). The highest BCUT2D eigenvalue weighted by molar-refractivity contribution is 5.91. The normalized spacial score (nSPS) is 14.2. The van der Waals surface area contributed by atoms with Crippen molar-refractivity contribution in [2.45, 2.75) is 6.42 Å². The maximum absolute atomic E-state index is 11.0. The Labute approximate surface area is 125 Å². The number of hydrogen-bond acceptors (Lipinski definition) is 5. The molecule has 0 bridgehead atoms. The third-order valence-corrected chi connectivity index (χ3v) is 3.17. The van der Waals surface area contributed by atoms with Crippen LogP contribution in [-0.2, 0) is 4.79 Å². The molecule has 0 unspecified atom stereocenters. The van der Waals surface area contributed by atoms with Crippen molar-refractivity contribution in [3.63, 3.8) is 0 Å². The first-order valence-corrected chi connectivity index (χ1v) is 6.59. The van der Waals surface area contributed by atoms with Crippen LogP contribution in [-0.4, -0.2) is 26.4 Å². The molecule has 1 heterocycles. The quantitative estimate of drug-likeness (QED) is 0.904. The molecule has 0 aliphatic heterocycles. The van der Waals surface area contributed by atoms with E-state index in [1.807, 2.05) is 0 Å². The van der Waals surface area contributed by atoms with E-state index in [9.17, 15) is 9.90 Å². The summed E-state index contributed by atoms with van der Waals surface area (Å²) in [5, 5.41) is 26.6. The minimum atomic E-state index is -0.980. The molecule has 3 rings (SSSR count). The van der Waals surface area contributed by atoms with E-state index in [2.05, 4.69) is 10.2 Å². The molecule has 1 aromatic carbocycles. The van der Waals surface area contributed by atoms with Gasteiger partial charge in [0.15, 0.2) is 0 Å². The summed E-state index contributed by atoms with van der Waals surface area (Å²) in [6.07, 6.45) is 6.97. The van der Waals surface area contributed by atoms with Gasteiger partial charge in [-0.1, -0.05) is 24.3 Å². The van der Waals surface area contributed by atoms with E-state index < -0.39 is 5.97 Å². The monoisotopic (exact) mass is 296 g/mol. The summed E-state index contributed by atoms with van der Waals surface area (Å²) in [6, 6.07) is 6.67. The molecule has 0 atom stereocenters. The van der Waals surface area contributed by atoms with Crippen molar-refractivity contribution >= 4 is 11.5 Å². The van der Waals surface area contributed by atoms with Crippen LogP contribution in [0.25, 0.3) is 17.0 Å². The Hall–Kier alpha value is -3.15. The van der Waals surface area contributed by atoms with Crippen LogP contribution in [0.1, 0.15) is 12.3 Å². The molecular weight excluding hydrogens is 284 g/mol. The van der Waals surface area contributed by atoms with Crippen LogP contribution in [0.5, 0.6) is 5.75 Å². The van der Waals surface area contributed by atoms with Crippen LogP contribution < -0.4 is 0 Å². The average Bonchev–Trinajstić information content (AvgIpc) is 2.85. The third kappa shape index (κ3) is 2.67. The fourth-order valence-electron chi connectivity index (χ4n) is 2.05. The molecule has 1 aliphatic rings. The number of benzene rings is 1. The Morgan fingerprint density at radius 1 is 1.09 bits per heavy atom. The number of rotatable bonds is 3. The summed E-state index contributed by atoms with van der Waals surface area (Å²) in [5.41, 5.74) is 1.30. The predicted octanol–water partition coefficient (Wildman–Crippen LogP) is 2.80.